The third kappa shape index (κ3) is 14.1. The van der Waals surface area contributed by atoms with Gasteiger partial charge in [-0.25, -0.2) is 0 Å². The molecule has 1 aliphatic rings. The van der Waals surface area contributed by atoms with Crippen LogP contribution in [-0.2, 0) is 28.6 Å². The Labute approximate surface area is 215 Å². The van der Waals surface area contributed by atoms with Crippen LogP contribution in [0.15, 0.2) is 37.0 Å². The smallest absolute Gasteiger partial charge is 0.325 e. The summed E-state index contributed by atoms with van der Waals surface area (Å²) < 4.78 is 15.8. The number of ether oxygens (including phenoxy) is 3. The molecule has 1 heterocycles. The molecule has 1 aliphatic heterocycles. The molecule has 0 aliphatic carbocycles. The summed E-state index contributed by atoms with van der Waals surface area (Å²) in [6, 6.07) is 0. The van der Waals surface area contributed by atoms with E-state index in [0.717, 1.165) is 0 Å². The largest absolute Gasteiger partial charge is 0.431 e. The fourth-order valence-electron chi connectivity index (χ4n) is 3.32. The van der Waals surface area contributed by atoms with E-state index in [1.54, 1.807) is 0 Å². The molecule has 0 aromatic carbocycles. The van der Waals surface area contributed by atoms with Crippen molar-refractivity contribution in [1.29, 1.82) is 0 Å². The van der Waals surface area contributed by atoms with Crippen LogP contribution in [0.3, 0.4) is 0 Å². The molecule has 1 fully saturated rings. The number of hydrogen-bond donors (Lipinski definition) is 1. The van der Waals surface area contributed by atoms with Crippen LogP contribution in [-0.4, -0.2) is 105 Å². The molecule has 10 nitrogen and oxygen atoms in total. The SMILES string of the molecule is C=C(CC)OC(=O)CN1CCNCCN(CC(=O)OC(=C)CC)CCN(CC(=O)OC(=C)CC)CC1. The summed E-state index contributed by atoms with van der Waals surface area (Å²) in [4.78, 5) is 43.0. The highest BCUT2D eigenvalue weighted by Crippen LogP contribution is 2.05. The normalized spacial score (nSPS) is 16.8. The van der Waals surface area contributed by atoms with Gasteiger partial charge in [-0.2, -0.15) is 0 Å². The van der Waals surface area contributed by atoms with Crippen molar-refractivity contribution in [3.05, 3.63) is 37.0 Å². The molecule has 1 rings (SSSR count). The standard InChI is InChI=1S/C26H44N4O6/c1-7-21(4)34-24(31)18-28-12-10-27-11-13-29(19-25(32)35-22(5)8-2)15-17-30(16-14-28)20-26(33)36-23(6)9-3/h27H,4-20H2,1-3H3. The molecule has 1 saturated heterocycles. The highest BCUT2D eigenvalue weighted by Gasteiger charge is 2.20. The van der Waals surface area contributed by atoms with Crippen molar-refractivity contribution in [2.24, 2.45) is 0 Å². The van der Waals surface area contributed by atoms with Gasteiger partial charge in [0, 0.05) is 71.6 Å². The quantitative estimate of drug-likeness (QED) is 0.239. The molecule has 0 radical (unpaired) electrons. The Balaban J connectivity index is 2.86. The fraction of sp³-hybridized carbons (Fsp3) is 0.654. The second kappa shape index (κ2) is 17.8. The zero-order chi connectivity index (χ0) is 26.9. The number of rotatable bonds is 12. The Morgan fingerprint density at radius 1 is 0.583 bits per heavy atom. The minimum absolute atomic E-state index is 0.0765. The van der Waals surface area contributed by atoms with Gasteiger partial charge in [0.1, 0.15) is 17.3 Å². The number of nitrogens with one attached hydrogen (secondary N) is 1. The Kier molecular flexibility index (Phi) is 15.6. The van der Waals surface area contributed by atoms with Gasteiger partial charge >= 0.3 is 17.9 Å². The minimum atomic E-state index is -0.383. The molecular weight excluding hydrogens is 464 g/mol. The Bertz CT molecular complexity index is 724. The number of hydrogen-bond acceptors (Lipinski definition) is 10. The monoisotopic (exact) mass is 508 g/mol. The molecule has 0 unspecified atom stereocenters. The maximum absolute atomic E-state index is 12.5. The van der Waals surface area contributed by atoms with E-state index in [1.807, 2.05) is 35.5 Å². The van der Waals surface area contributed by atoms with Gasteiger partial charge < -0.3 is 19.5 Å². The topological polar surface area (TPSA) is 101 Å². The summed E-state index contributed by atoms with van der Waals surface area (Å²) in [6.07, 6.45) is 1.70. The second-order valence-corrected chi connectivity index (χ2v) is 8.68. The van der Waals surface area contributed by atoms with E-state index >= 15 is 0 Å². The van der Waals surface area contributed by atoms with Crippen LogP contribution in [0.5, 0.6) is 0 Å². The predicted molar refractivity (Wildman–Crippen MR) is 139 cm³/mol. The Hall–Kier alpha value is -2.53. The molecule has 10 heteroatoms. The first-order valence-electron chi connectivity index (χ1n) is 12.7. The van der Waals surface area contributed by atoms with E-state index < -0.39 is 0 Å². The Morgan fingerprint density at radius 2 is 0.861 bits per heavy atom. The first kappa shape index (κ1) is 31.5. The zero-order valence-corrected chi connectivity index (χ0v) is 22.3. The number of esters is 3. The fourth-order valence-corrected chi connectivity index (χ4v) is 3.32. The van der Waals surface area contributed by atoms with Gasteiger partial charge in [0.2, 0.25) is 0 Å². The summed E-state index contributed by atoms with van der Waals surface area (Å²) in [6.45, 7) is 21.9. The van der Waals surface area contributed by atoms with Gasteiger partial charge in [-0.05, 0) is 0 Å². The highest BCUT2D eigenvalue weighted by atomic mass is 16.5. The van der Waals surface area contributed by atoms with Crippen LogP contribution in [0.1, 0.15) is 40.0 Å². The zero-order valence-electron chi connectivity index (χ0n) is 22.3. The van der Waals surface area contributed by atoms with E-state index in [0.29, 0.717) is 88.9 Å². The average molecular weight is 509 g/mol. The van der Waals surface area contributed by atoms with E-state index in [1.165, 1.54) is 0 Å². The molecule has 0 atom stereocenters. The predicted octanol–water partition coefficient (Wildman–Crippen LogP) is 1.90. The second-order valence-electron chi connectivity index (χ2n) is 8.68. The molecule has 36 heavy (non-hydrogen) atoms. The molecule has 0 saturated carbocycles. The van der Waals surface area contributed by atoms with Crippen LogP contribution in [0.2, 0.25) is 0 Å². The maximum Gasteiger partial charge on any atom is 0.325 e. The van der Waals surface area contributed by atoms with Crippen molar-refractivity contribution in [3.8, 4) is 0 Å². The molecule has 0 bridgehead atoms. The van der Waals surface area contributed by atoms with Gasteiger partial charge in [-0.3, -0.25) is 29.1 Å². The summed E-state index contributed by atoms with van der Waals surface area (Å²) in [5, 5.41) is 3.36. The van der Waals surface area contributed by atoms with Crippen LogP contribution < -0.4 is 5.32 Å². The van der Waals surface area contributed by atoms with Crippen LogP contribution >= 0.6 is 0 Å². The Morgan fingerprint density at radius 3 is 1.14 bits per heavy atom. The van der Waals surface area contributed by atoms with Crippen molar-refractivity contribution in [3.63, 3.8) is 0 Å². The average Bonchev–Trinajstić information content (AvgIpc) is 2.83. The van der Waals surface area contributed by atoms with Gasteiger partial charge in [-0.15, -0.1) is 0 Å². The lowest BCUT2D eigenvalue weighted by molar-refractivity contribution is -0.143. The van der Waals surface area contributed by atoms with Crippen molar-refractivity contribution >= 4 is 17.9 Å². The van der Waals surface area contributed by atoms with Gasteiger partial charge in [0.25, 0.3) is 0 Å². The third-order valence-corrected chi connectivity index (χ3v) is 5.69. The van der Waals surface area contributed by atoms with Crippen LogP contribution in [0, 0.1) is 0 Å². The van der Waals surface area contributed by atoms with Gasteiger partial charge in [0.05, 0.1) is 19.6 Å². The minimum Gasteiger partial charge on any atom is -0.431 e. The lowest BCUT2D eigenvalue weighted by Gasteiger charge is -2.30. The van der Waals surface area contributed by atoms with E-state index in [9.17, 15) is 14.4 Å². The van der Waals surface area contributed by atoms with Gasteiger partial charge in [0.15, 0.2) is 0 Å². The molecule has 0 aromatic rings. The van der Waals surface area contributed by atoms with Crippen LogP contribution in [0.4, 0.5) is 0 Å². The van der Waals surface area contributed by atoms with Crippen molar-refractivity contribution < 1.29 is 28.6 Å². The first-order valence-corrected chi connectivity index (χ1v) is 12.7. The number of carbonyl (C=O) groups is 3. The third-order valence-electron chi connectivity index (χ3n) is 5.69. The number of nitrogens with zero attached hydrogens (tertiary/aromatic N) is 3. The number of carbonyl (C=O) groups excluding carboxylic acids is 3. The number of allylic oxidation sites excluding steroid dienone is 3. The van der Waals surface area contributed by atoms with Gasteiger partial charge in [-0.1, -0.05) is 40.5 Å². The van der Waals surface area contributed by atoms with E-state index in [4.69, 9.17) is 14.2 Å². The van der Waals surface area contributed by atoms with Crippen molar-refractivity contribution in [2.45, 2.75) is 40.0 Å². The lowest BCUT2D eigenvalue weighted by atomic mass is 10.3. The molecule has 1 N–H and O–H groups in total. The summed E-state index contributed by atoms with van der Waals surface area (Å²) in [7, 11) is 0. The molecule has 0 amide bonds. The first-order chi connectivity index (χ1) is 17.2. The van der Waals surface area contributed by atoms with E-state index in [2.05, 4.69) is 25.1 Å². The lowest BCUT2D eigenvalue weighted by Crippen LogP contribution is -2.47. The van der Waals surface area contributed by atoms with Crippen LogP contribution in [0.25, 0.3) is 0 Å². The van der Waals surface area contributed by atoms with Crippen molar-refractivity contribution in [2.75, 3.05) is 72.0 Å². The summed E-state index contributed by atoms with van der Waals surface area (Å²) in [5.74, 6) is 0.214. The summed E-state index contributed by atoms with van der Waals surface area (Å²) in [5.41, 5.74) is 0. The molecule has 0 spiro atoms. The molecule has 204 valence electrons. The maximum atomic E-state index is 12.5. The van der Waals surface area contributed by atoms with E-state index in [-0.39, 0.29) is 37.5 Å². The summed E-state index contributed by atoms with van der Waals surface area (Å²) >= 11 is 0. The van der Waals surface area contributed by atoms with Crippen molar-refractivity contribution in [1.82, 2.24) is 20.0 Å². The molecular formula is C26H44N4O6. The molecule has 0 aromatic heterocycles. The highest BCUT2D eigenvalue weighted by molar-refractivity contribution is 5.73.